The van der Waals surface area contributed by atoms with E-state index in [0.717, 1.165) is 23.1 Å². The number of carbonyl (C=O) groups is 1. The quantitative estimate of drug-likeness (QED) is 0.802. The smallest absolute Gasteiger partial charge is 0.223 e. The van der Waals surface area contributed by atoms with Gasteiger partial charge in [-0.3, -0.25) is 4.79 Å². The second-order valence-electron chi connectivity index (χ2n) is 7.32. The molecule has 5 heteroatoms. The van der Waals surface area contributed by atoms with Crippen molar-refractivity contribution in [3.05, 3.63) is 28.7 Å². The summed E-state index contributed by atoms with van der Waals surface area (Å²) in [6.45, 7) is 2.51. The highest BCUT2D eigenvalue weighted by atomic mass is 79.9. The first-order chi connectivity index (χ1) is 11.5. The van der Waals surface area contributed by atoms with Crippen molar-refractivity contribution in [2.24, 2.45) is 23.5 Å². The van der Waals surface area contributed by atoms with Crippen LogP contribution in [0.2, 0.25) is 0 Å². The van der Waals surface area contributed by atoms with Crippen LogP contribution in [0.3, 0.4) is 0 Å². The maximum Gasteiger partial charge on any atom is 0.223 e. The first-order valence-corrected chi connectivity index (χ1v) is 9.77. The Hall–Kier alpha value is -1.07. The number of amides is 1. The van der Waals surface area contributed by atoms with Crippen molar-refractivity contribution in [1.82, 2.24) is 5.32 Å². The molecule has 24 heavy (non-hydrogen) atoms. The Morgan fingerprint density at radius 2 is 1.92 bits per heavy atom. The Balaban J connectivity index is 1.46. The molecule has 0 radical (unpaired) electrons. The first-order valence-electron chi connectivity index (χ1n) is 8.98. The van der Waals surface area contributed by atoms with E-state index in [1.807, 2.05) is 31.2 Å². The summed E-state index contributed by atoms with van der Waals surface area (Å²) in [7, 11) is 0. The second kappa shape index (κ2) is 7.87. The Kier molecular flexibility index (Phi) is 5.82. The molecule has 3 rings (SSSR count). The predicted molar refractivity (Wildman–Crippen MR) is 98.8 cm³/mol. The minimum atomic E-state index is -0.0551. The summed E-state index contributed by atoms with van der Waals surface area (Å²) in [6.07, 6.45) is 5.49. The lowest BCUT2D eigenvalue weighted by Crippen LogP contribution is -2.49. The molecule has 2 bridgehead atoms. The van der Waals surface area contributed by atoms with Gasteiger partial charge in [0.25, 0.3) is 0 Å². The molecular weight excluding hydrogens is 368 g/mol. The van der Waals surface area contributed by atoms with E-state index < -0.39 is 0 Å². The van der Waals surface area contributed by atoms with E-state index in [-0.39, 0.29) is 17.9 Å². The highest BCUT2D eigenvalue weighted by Gasteiger charge is 2.40. The van der Waals surface area contributed by atoms with Gasteiger partial charge in [0.15, 0.2) is 0 Å². The van der Waals surface area contributed by atoms with Crippen LogP contribution in [0.1, 0.15) is 39.0 Å². The lowest BCUT2D eigenvalue weighted by molar-refractivity contribution is -0.128. The number of benzene rings is 1. The van der Waals surface area contributed by atoms with E-state index in [4.69, 9.17) is 10.5 Å². The van der Waals surface area contributed by atoms with Gasteiger partial charge in [0.2, 0.25) is 5.91 Å². The summed E-state index contributed by atoms with van der Waals surface area (Å²) in [5, 5.41) is 3.07. The molecule has 2 fully saturated rings. The van der Waals surface area contributed by atoms with Crippen LogP contribution in [0.5, 0.6) is 5.75 Å². The minimum absolute atomic E-state index is 0.0551. The molecule has 2 saturated carbocycles. The molecule has 3 N–H and O–H groups in total. The van der Waals surface area contributed by atoms with E-state index in [2.05, 4.69) is 21.2 Å². The molecule has 0 aliphatic heterocycles. The molecule has 4 nitrogen and oxygen atoms in total. The molecular formula is C19H27BrN2O2. The minimum Gasteiger partial charge on any atom is -0.489 e. The molecule has 1 aromatic rings. The lowest BCUT2D eigenvalue weighted by Gasteiger charge is -2.43. The predicted octanol–water partition coefficient (Wildman–Crippen LogP) is 3.49. The summed E-state index contributed by atoms with van der Waals surface area (Å²) < 4.78 is 6.87. The van der Waals surface area contributed by atoms with Crippen LogP contribution in [0.15, 0.2) is 28.7 Å². The molecule has 132 valence electrons. The maximum absolute atomic E-state index is 12.5. The summed E-state index contributed by atoms with van der Waals surface area (Å²) in [5.74, 6) is 2.18. The number of halogens is 1. The third-order valence-corrected chi connectivity index (χ3v) is 6.03. The van der Waals surface area contributed by atoms with Gasteiger partial charge >= 0.3 is 0 Å². The largest absolute Gasteiger partial charge is 0.489 e. The zero-order valence-corrected chi connectivity index (χ0v) is 15.8. The standard InChI is InChI=1S/C19H27BrN2O2/c1-12(24-17-7-5-16(20)6-8-17)11-22-19(23)15-9-13-3-2-4-14(10-15)18(13)21/h5-8,12-15,18H,2-4,9-11,21H2,1H3,(H,22,23). The summed E-state index contributed by atoms with van der Waals surface area (Å²) in [4.78, 5) is 12.5. The van der Waals surface area contributed by atoms with E-state index in [0.29, 0.717) is 24.4 Å². The summed E-state index contributed by atoms with van der Waals surface area (Å²) in [6, 6.07) is 8.05. The van der Waals surface area contributed by atoms with Crippen molar-refractivity contribution in [3.63, 3.8) is 0 Å². The number of nitrogens with one attached hydrogen (secondary N) is 1. The second-order valence-corrected chi connectivity index (χ2v) is 8.24. The highest BCUT2D eigenvalue weighted by Crippen LogP contribution is 2.41. The van der Waals surface area contributed by atoms with Crippen LogP contribution in [0, 0.1) is 17.8 Å². The van der Waals surface area contributed by atoms with Crippen LogP contribution >= 0.6 is 15.9 Å². The number of carbonyl (C=O) groups excluding carboxylic acids is 1. The average molecular weight is 395 g/mol. The van der Waals surface area contributed by atoms with E-state index in [9.17, 15) is 4.79 Å². The van der Waals surface area contributed by atoms with Gasteiger partial charge in [-0.25, -0.2) is 0 Å². The molecule has 1 amide bonds. The first kappa shape index (κ1) is 17.7. The van der Waals surface area contributed by atoms with Crippen molar-refractivity contribution in [1.29, 1.82) is 0 Å². The van der Waals surface area contributed by atoms with Gasteiger partial charge in [-0.15, -0.1) is 0 Å². The third-order valence-electron chi connectivity index (χ3n) is 5.50. The van der Waals surface area contributed by atoms with Crippen molar-refractivity contribution in [2.45, 2.75) is 51.2 Å². The fraction of sp³-hybridized carbons (Fsp3) is 0.632. The van der Waals surface area contributed by atoms with Gasteiger partial charge in [0, 0.05) is 16.4 Å². The zero-order valence-electron chi connectivity index (χ0n) is 14.2. The van der Waals surface area contributed by atoms with Gasteiger partial charge in [-0.05, 0) is 68.7 Å². The molecule has 0 spiro atoms. The Morgan fingerprint density at radius 3 is 2.54 bits per heavy atom. The molecule has 1 aromatic carbocycles. The fourth-order valence-electron chi connectivity index (χ4n) is 4.18. The van der Waals surface area contributed by atoms with Crippen LogP contribution in [0.25, 0.3) is 0 Å². The van der Waals surface area contributed by atoms with Gasteiger partial charge in [0.05, 0.1) is 6.54 Å². The monoisotopic (exact) mass is 394 g/mol. The molecule has 3 unspecified atom stereocenters. The average Bonchev–Trinajstić information content (AvgIpc) is 2.54. The van der Waals surface area contributed by atoms with Crippen LogP contribution in [-0.4, -0.2) is 24.6 Å². The lowest BCUT2D eigenvalue weighted by atomic mass is 9.65. The Labute approximate surface area is 152 Å². The molecule has 2 aliphatic rings. The molecule has 2 aliphatic carbocycles. The number of nitrogens with two attached hydrogens (primary N) is 1. The van der Waals surface area contributed by atoms with Crippen molar-refractivity contribution in [3.8, 4) is 5.75 Å². The van der Waals surface area contributed by atoms with Gasteiger partial charge in [-0.1, -0.05) is 22.4 Å². The Bertz CT molecular complexity index is 549. The van der Waals surface area contributed by atoms with Crippen LogP contribution in [0.4, 0.5) is 0 Å². The molecule has 3 atom stereocenters. The molecule has 0 saturated heterocycles. The Morgan fingerprint density at radius 1 is 1.29 bits per heavy atom. The SMILES string of the molecule is CC(CNC(=O)C1CC2CCCC(C1)C2N)Oc1ccc(Br)cc1. The number of ether oxygens (including phenoxy) is 1. The van der Waals surface area contributed by atoms with Crippen LogP contribution < -0.4 is 15.8 Å². The number of hydrogen-bond donors (Lipinski definition) is 2. The number of hydrogen-bond acceptors (Lipinski definition) is 3. The fourth-order valence-corrected chi connectivity index (χ4v) is 4.44. The molecule has 0 heterocycles. The number of rotatable bonds is 5. The van der Waals surface area contributed by atoms with Gasteiger partial charge in [-0.2, -0.15) is 0 Å². The van der Waals surface area contributed by atoms with Crippen molar-refractivity contribution < 1.29 is 9.53 Å². The zero-order chi connectivity index (χ0) is 17.1. The van der Waals surface area contributed by atoms with Gasteiger partial charge < -0.3 is 15.8 Å². The third kappa shape index (κ3) is 4.31. The highest BCUT2D eigenvalue weighted by molar-refractivity contribution is 9.10. The topological polar surface area (TPSA) is 64.4 Å². The molecule has 0 aromatic heterocycles. The van der Waals surface area contributed by atoms with Crippen LogP contribution in [-0.2, 0) is 4.79 Å². The van der Waals surface area contributed by atoms with E-state index in [1.54, 1.807) is 0 Å². The number of fused-ring (bicyclic) bond motifs is 2. The maximum atomic E-state index is 12.5. The summed E-state index contributed by atoms with van der Waals surface area (Å²) >= 11 is 3.41. The van der Waals surface area contributed by atoms with E-state index >= 15 is 0 Å². The van der Waals surface area contributed by atoms with Gasteiger partial charge in [0.1, 0.15) is 11.9 Å². The van der Waals surface area contributed by atoms with E-state index in [1.165, 1.54) is 19.3 Å². The summed E-state index contributed by atoms with van der Waals surface area (Å²) in [5.41, 5.74) is 6.31. The normalized spacial score (nSPS) is 30.5. The van der Waals surface area contributed by atoms with Crippen molar-refractivity contribution >= 4 is 21.8 Å². The van der Waals surface area contributed by atoms with Crippen molar-refractivity contribution in [2.75, 3.05) is 6.54 Å².